The van der Waals surface area contributed by atoms with Crippen molar-refractivity contribution in [1.29, 1.82) is 5.26 Å². The standard InChI is InChI=1S/C66H38N12/c67-35-50-60(75-51-23-11-7-19-42(51)46-27-31-68-36-55(46)75)62(77-53-25-13-9-21-44(53)48-29-33-70-38-57(48)77)59(66-73-64(40-15-3-1-4-16-40)72-65(74-66)41-17-5-2-6-18-41)63(78-54-26-14-10-22-45(54)49-30-34-71-39-58(49)78)61(50)76-52-24-12-8-20-43(52)47-28-32-69-37-56(47)76/h1-34,36-39H. The van der Waals surface area contributed by atoms with Gasteiger partial charge >= 0.3 is 0 Å². The van der Waals surface area contributed by atoms with Gasteiger partial charge in [-0.05, 0) is 48.5 Å². The van der Waals surface area contributed by atoms with E-state index < -0.39 is 0 Å². The normalized spacial score (nSPS) is 11.8. The fourth-order valence-corrected chi connectivity index (χ4v) is 12.0. The summed E-state index contributed by atoms with van der Waals surface area (Å²) in [6, 6.07) is 64.8. The number of hydrogen-bond acceptors (Lipinski definition) is 8. The summed E-state index contributed by atoms with van der Waals surface area (Å²) in [5, 5.41) is 20.7. The van der Waals surface area contributed by atoms with Gasteiger partial charge in [0.1, 0.15) is 11.6 Å². The first-order valence-corrected chi connectivity index (χ1v) is 25.6. The van der Waals surface area contributed by atoms with Gasteiger partial charge in [0.2, 0.25) is 0 Å². The molecule has 0 spiro atoms. The number of nitrogens with zero attached hydrogens (tertiary/aromatic N) is 12. The van der Waals surface area contributed by atoms with Gasteiger partial charge < -0.3 is 18.3 Å². The first kappa shape index (κ1) is 43.3. The van der Waals surface area contributed by atoms with E-state index in [1.54, 1.807) is 0 Å². The average molecular weight is 999 g/mol. The fraction of sp³-hybridized carbons (Fsp3) is 0. The minimum atomic E-state index is 0.363. The number of benzene rings is 7. The molecule has 0 N–H and O–H groups in total. The maximum atomic E-state index is 12.8. The first-order chi connectivity index (χ1) is 38.7. The van der Waals surface area contributed by atoms with Crippen molar-refractivity contribution in [1.82, 2.24) is 53.2 Å². The molecule has 0 aliphatic rings. The molecule has 78 heavy (non-hydrogen) atoms. The Kier molecular flexibility index (Phi) is 9.39. The molecule has 7 aromatic carbocycles. The predicted octanol–water partition coefficient (Wildman–Crippen LogP) is 14.7. The van der Waals surface area contributed by atoms with Crippen LogP contribution in [-0.4, -0.2) is 53.2 Å². The van der Waals surface area contributed by atoms with Gasteiger partial charge in [0.25, 0.3) is 0 Å². The number of fused-ring (bicyclic) bond motifs is 12. The second-order valence-electron chi connectivity index (χ2n) is 19.3. The zero-order valence-electron chi connectivity index (χ0n) is 41.3. The van der Waals surface area contributed by atoms with Crippen LogP contribution in [0.15, 0.2) is 232 Å². The highest BCUT2D eigenvalue weighted by Crippen LogP contribution is 2.51. The monoisotopic (exact) mass is 998 g/mol. The fourth-order valence-electron chi connectivity index (χ4n) is 12.0. The molecular weight excluding hydrogens is 961 g/mol. The summed E-state index contributed by atoms with van der Waals surface area (Å²) >= 11 is 0. The quantitative estimate of drug-likeness (QED) is 0.154. The molecule has 0 unspecified atom stereocenters. The average Bonchev–Trinajstić information content (AvgIpc) is 4.30. The smallest absolute Gasteiger partial charge is 0.168 e. The minimum Gasteiger partial charge on any atom is -0.305 e. The lowest BCUT2D eigenvalue weighted by Gasteiger charge is -2.28. The van der Waals surface area contributed by atoms with Gasteiger partial charge in [-0.15, -0.1) is 0 Å². The van der Waals surface area contributed by atoms with Crippen molar-refractivity contribution in [3.05, 3.63) is 237 Å². The van der Waals surface area contributed by atoms with Gasteiger partial charge in [-0.25, -0.2) is 15.0 Å². The molecule has 0 atom stereocenters. The highest BCUT2D eigenvalue weighted by atomic mass is 15.1. The number of para-hydroxylation sites is 4. The second kappa shape index (κ2) is 16.9. The molecule has 0 aliphatic carbocycles. The van der Waals surface area contributed by atoms with E-state index in [-0.39, 0.29) is 0 Å². The van der Waals surface area contributed by atoms with Gasteiger partial charge in [0.15, 0.2) is 17.5 Å². The summed E-state index contributed by atoms with van der Waals surface area (Å²) in [5.74, 6) is 1.31. The maximum absolute atomic E-state index is 12.8. The summed E-state index contributed by atoms with van der Waals surface area (Å²) in [4.78, 5) is 36.0. The molecule has 0 aliphatic heterocycles. The van der Waals surface area contributed by atoms with Crippen LogP contribution in [0.5, 0.6) is 0 Å². The molecule has 16 aromatic rings. The Hall–Kier alpha value is -11.2. The van der Waals surface area contributed by atoms with Crippen molar-refractivity contribution in [2.75, 3.05) is 0 Å². The van der Waals surface area contributed by atoms with Crippen LogP contribution in [0, 0.1) is 11.3 Å². The molecule has 0 amide bonds. The van der Waals surface area contributed by atoms with E-state index in [2.05, 4.69) is 134 Å². The number of nitriles is 1. The molecule has 0 saturated carbocycles. The van der Waals surface area contributed by atoms with Crippen molar-refractivity contribution >= 4 is 87.2 Å². The van der Waals surface area contributed by atoms with Crippen LogP contribution in [0.4, 0.5) is 0 Å². The van der Waals surface area contributed by atoms with E-state index in [0.717, 1.165) is 98.4 Å². The van der Waals surface area contributed by atoms with Crippen LogP contribution in [-0.2, 0) is 0 Å². The van der Waals surface area contributed by atoms with Gasteiger partial charge in [-0.1, -0.05) is 133 Å². The van der Waals surface area contributed by atoms with Crippen LogP contribution >= 0.6 is 0 Å². The Balaban J connectivity index is 1.27. The number of aromatic nitrogens is 11. The van der Waals surface area contributed by atoms with E-state index in [9.17, 15) is 5.26 Å². The third kappa shape index (κ3) is 6.18. The van der Waals surface area contributed by atoms with Crippen LogP contribution in [0.25, 0.3) is 144 Å². The first-order valence-electron chi connectivity index (χ1n) is 25.6. The van der Waals surface area contributed by atoms with Gasteiger partial charge in [0.05, 0.1) is 97.2 Å². The van der Waals surface area contributed by atoms with Gasteiger partial charge in [0, 0.05) is 79.0 Å². The van der Waals surface area contributed by atoms with E-state index in [4.69, 9.17) is 34.9 Å². The summed E-state index contributed by atoms with van der Waals surface area (Å²) in [6.45, 7) is 0. The van der Waals surface area contributed by atoms with E-state index in [0.29, 0.717) is 51.3 Å². The zero-order valence-corrected chi connectivity index (χ0v) is 41.3. The zero-order chi connectivity index (χ0) is 51.4. The highest BCUT2D eigenvalue weighted by molar-refractivity contribution is 6.16. The molecular formula is C66H38N12. The number of hydrogen-bond donors (Lipinski definition) is 0. The number of pyridine rings is 4. The Bertz CT molecular complexity index is 4650. The lowest BCUT2D eigenvalue weighted by molar-refractivity contribution is 1.01. The summed E-state index contributed by atoms with van der Waals surface area (Å²) in [6.07, 6.45) is 14.9. The minimum absolute atomic E-state index is 0.363. The molecule has 9 heterocycles. The maximum Gasteiger partial charge on any atom is 0.168 e. The Morgan fingerprint density at radius 3 is 0.897 bits per heavy atom. The summed E-state index contributed by atoms with van der Waals surface area (Å²) < 4.78 is 8.97. The van der Waals surface area contributed by atoms with Gasteiger partial charge in [-0.3, -0.25) is 19.9 Å². The van der Waals surface area contributed by atoms with Crippen LogP contribution in [0.3, 0.4) is 0 Å². The third-order valence-electron chi connectivity index (χ3n) is 15.2. The van der Waals surface area contributed by atoms with E-state index in [1.165, 1.54) is 0 Å². The molecule has 0 radical (unpaired) electrons. The Morgan fingerprint density at radius 2 is 0.564 bits per heavy atom. The molecule has 12 heteroatoms. The van der Waals surface area contributed by atoms with Crippen LogP contribution < -0.4 is 0 Å². The molecule has 0 bridgehead atoms. The molecule has 362 valence electrons. The van der Waals surface area contributed by atoms with Crippen LogP contribution in [0.1, 0.15) is 5.56 Å². The molecule has 9 aromatic heterocycles. The second-order valence-corrected chi connectivity index (χ2v) is 19.3. The molecule has 16 rings (SSSR count). The summed E-state index contributed by atoms with van der Waals surface area (Å²) in [5.41, 5.74) is 11.8. The van der Waals surface area contributed by atoms with E-state index in [1.807, 2.05) is 122 Å². The molecule has 0 saturated heterocycles. The third-order valence-corrected chi connectivity index (χ3v) is 15.2. The van der Waals surface area contributed by atoms with Crippen molar-refractivity contribution in [3.63, 3.8) is 0 Å². The van der Waals surface area contributed by atoms with Crippen molar-refractivity contribution in [3.8, 4) is 63.0 Å². The largest absolute Gasteiger partial charge is 0.305 e. The predicted molar refractivity (Wildman–Crippen MR) is 309 cm³/mol. The Morgan fingerprint density at radius 1 is 0.282 bits per heavy atom. The molecule has 0 fully saturated rings. The summed E-state index contributed by atoms with van der Waals surface area (Å²) in [7, 11) is 0. The number of rotatable bonds is 7. The topological polar surface area (TPSA) is 134 Å². The Labute approximate surface area is 443 Å². The van der Waals surface area contributed by atoms with E-state index >= 15 is 0 Å². The van der Waals surface area contributed by atoms with Crippen LogP contribution in [0.2, 0.25) is 0 Å². The van der Waals surface area contributed by atoms with Crippen molar-refractivity contribution < 1.29 is 0 Å². The molecule has 12 nitrogen and oxygen atoms in total. The lowest BCUT2D eigenvalue weighted by atomic mass is 9.97. The van der Waals surface area contributed by atoms with Crippen molar-refractivity contribution in [2.45, 2.75) is 0 Å². The lowest BCUT2D eigenvalue weighted by Crippen LogP contribution is -2.17. The highest BCUT2D eigenvalue weighted by Gasteiger charge is 2.36. The van der Waals surface area contributed by atoms with Crippen molar-refractivity contribution in [2.24, 2.45) is 0 Å². The van der Waals surface area contributed by atoms with Gasteiger partial charge in [-0.2, -0.15) is 5.26 Å². The SMILES string of the molecule is N#Cc1c(-n2c3ccccc3c3ccncc32)c(-n2c3ccccc3c3ccncc32)c(-c2nc(-c3ccccc3)nc(-c3ccccc3)n2)c(-n2c3ccccc3c3ccncc32)c1-n1c2ccccc2c2ccncc21.